The first-order chi connectivity index (χ1) is 7.92. The molecule has 2 rings (SSSR count). The molecule has 0 aromatic heterocycles. The molecule has 1 unspecified atom stereocenters. The van der Waals surface area contributed by atoms with Crippen LogP contribution in [0.15, 0.2) is 24.3 Å². The molecule has 100 valence electrons. The van der Waals surface area contributed by atoms with E-state index in [0.717, 1.165) is 6.54 Å². The zero-order chi connectivity index (χ0) is 12.6. The zero-order valence-electron chi connectivity index (χ0n) is 11.1. The molecule has 1 aromatic carbocycles. The second-order valence-electron chi connectivity index (χ2n) is 5.52. The number of amides is 1. The quantitative estimate of drug-likeness (QED) is 0.848. The van der Waals surface area contributed by atoms with Gasteiger partial charge < -0.3 is 10.6 Å². The van der Waals surface area contributed by atoms with Crippen molar-refractivity contribution < 1.29 is 4.79 Å². The summed E-state index contributed by atoms with van der Waals surface area (Å²) < 4.78 is 0. The summed E-state index contributed by atoms with van der Waals surface area (Å²) in [4.78, 5) is 13.9. The Morgan fingerprint density at radius 2 is 2.00 bits per heavy atom. The van der Waals surface area contributed by atoms with Crippen LogP contribution in [-0.2, 0) is 16.8 Å². The summed E-state index contributed by atoms with van der Waals surface area (Å²) in [5, 5.41) is 0. The Balaban J connectivity index is 0.00000162. The number of hydrogen-bond donors (Lipinski definition) is 1. The number of nitrogens with two attached hydrogens (primary N) is 1. The van der Waals surface area contributed by atoms with Gasteiger partial charge in [-0.1, -0.05) is 38.1 Å². The van der Waals surface area contributed by atoms with Crippen molar-refractivity contribution in [1.29, 1.82) is 0 Å². The predicted octanol–water partition coefficient (Wildman–Crippen LogP) is 2.08. The van der Waals surface area contributed by atoms with E-state index in [-0.39, 0.29) is 23.7 Å². The van der Waals surface area contributed by atoms with Crippen molar-refractivity contribution in [3.63, 3.8) is 0 Å². The van der Waals surface area contributed by atoms with Crippen LogP contribution in [0.2, 0.25) is 0 Å². The van der Waals surface area contributed by atoms with Gasteiger partial charge in [-0.25, -0.2) is 0 Å². The number of benzene rings is 1. The normalized spacial score (nSPS) is 18.6. The summed E-state index contributed by atoms with van der Waals surface area (Å²) in [5.41, 5.74) is 8.26. The third kappa shape index (κ3) is 2.68. The van der Waals surface area contributed by atoms with Gasteiger partial charge in [-0.05, 0) is 18.1 Å². The molecule has 0 saturated heterocycles. The molecule has 0 radical (unpaired) electrons. The molecule has 1 atom stereocenters. The van der Waals surface area contributed by atoms with E-state index in [1.807, 2.05) is 11.0 Å². The molecular formula is C14H21ClN2O. The lowest BCUT2D eigenvalue weighted by Crippen LogP contribution is -2.49. The van der Waals surface area contributed by atoms with E-state index in [0.29, 0.717) is 6.54 Å². The molecule has 1 amide bonds. The molecule has 4 heteroatoms. The molecule has 0 saturated carbocycles. The smallest absolute Gasteiger partial charge is 0.239 e. The fraction of sp³-hybridized carbons (Fsp3) is 0.500. The second-order valence-corrected chi connectivity index (χ2v) is 5.52. The van der Waals surface area contributed by atoms with Crippen molar-refractivity contribution in [1.82, 2.24) is 4.90 Å². The fourth-order valence-corrected chi connectivity index (χ4v) is 2.59. The Bertz CT molecular complexity index is 443. The number of fused-ring (bicyclic) bond motifs is 1. The second kappa shape index (κ2) is 5.29. The van der Waals surface area contributed by atoms with Crippen LogP contribution in [0.5, 0.6) is 0 Å². The van der Waals surface area contributed by atoms with E-state index in [9.17, 15) is 4.79 Å². The summed E-state index contributed by atoms with van der Waals surface area (Å²) in [6.07, 6.45) is 0. The van der Waals surface area contributed by atoms with Crippen LogP contribution in [-0.4, -0.2) is 23.4 Å². The molecule has 1 aliphatic heterocycles. The van der Waals surface area contributed by atoms with Gasteiger partial charge in [0.25, 0.3) is 0 Å². The van der Waals surface area contributed by atoms with E-state index >= 15 is 0 Å². The summed E-state index contributed by atoms with van der Waals surface area (Å²) in [7, 11) is 0. The van der Waals surface area contributed by atoms with Crippen molar-refractivity contribution in [3.8, 4) is 0 Å². The van der Waals surface area contributed by atoms with Gasteiger partial charge in [0.2, 0.25) is 5.91 Å². The average Bonchev–Trinajstić information content (AvgIpc) is 2.27. The standard InChI is InChI=1S/C14H20N2O.ClH/c1-10(15)13(17)16-8-11-6-4-5-7-12(11)14(2,3)9-16;/h4-7,10H,8-9,15H2,1-3H3;1H. The van der Waals surface area contributed by atoms with Crippen molar-refractivity contribution in [2.75, 3.05) is 6.54 Å². The Labute approximate surface area is 115 Å². The molecule has 0 aliphatic carbocycles. The molecule has 0 fully saturated rings. The maximum Gasteiger partial charge on any atom is 0.239 e. The maximum atomic E-state index is 12.0. The van der Waals surface area contributed by atoms with Crippen LogP contribution in [0.25, 0.3) is 0 Å². The Morgan fingerprint density at radius 3 is 2.61 bits per heavy atom. The highest BCUT2D eigenvalue weighted by Gasteiger charge is 2.34. The van der Waals surface area contributed by atoms with E-state index in [1.54, 1.807) is 6.92 Å². The molecule has 0 bridgehead atoms. The zero-order valence-corrected chi connectivity index (χ0v) is 12.0. The first kappa shape index (κ1) is 15.0. The SMILES string of the molecule is CC(N)C(=O)N1Cc2ccccc2C(C)(C)C1.Cl. The van der Waals surface area contributed by atoms with Crippen LogP contribution < -0.4 is 5.73 Å². The Hall–Kier alpha value is -1.06. The van der Waals surface area contributed by atoms with Crippen LogP contribution in [0.3, 0.4) is 0 Å². The highest BCUT2D eigenvalue weighted by molar-refractivity contribution is 5.85. The van der Waals surface area contributed by atoms with Gasteiger partial charge >= 0.3 is 0 Å². The number of halogens is 1. The largest absolute Gasteiger partial charge is 0.336 e. The molecule has 2 N–H and O–H groups in total. The lowest BCUT2D eigenvalue weighted by Gasteiger charge is -2.40. The topological polar surface area (TPSA) is 46.3 Å². The van der Waals surface area contributed by atoms with Crippen LogP contribution >= 0.6 is 12.4 Å². The van der Waals surface area contributed by atoms with Gasteiger partial charge in [0.1, 0.15) is 0 Å². The lowest BCUT2D eigenvalue weighted by molar-refractivity contribution is -0.134. The molecule has 1 heterocycles. The summed E-state index contributed by atoms with van der Waals surface area (Å²) in [6.45, 7) is 7.51. The van der Waals surface area contributed by atoms with Crippen molar-refractivity contribution >= 4 is 18.3 Å². The van der Waals surface area contributed by atoms with Crippen molar-refractivity contribution in [3.05, 3.63) is 35.4 Å². The molecule has 1 aromatic rings. The average molecular weight is 269 g/mol. The molecule has 18 heavy (non-hydrogen) atoms. The number of hydrogen-bond acceptors (Lipinski definition) is 2. The monoisotopic (exact) mass is 268 g/mol. The first-order valence-corrected chi connectivity index (χ1v) is 6.04. The minimum absolute atomic E-state index is 0. The van der Waals surface area contributed by atoms with E-state index in [2.05, 4.69) is 32.0 Å². The lowest BCUT2D eigenvalue weighted by atomic mass is 9.78. The van der Waals surface area contributed by atoms with E-state index < -0.39 is 6.04 Å². The minimum Gasteiger partial charge on any atom is -0.336 e. The van der Waals surface area contributed by atoms with Gasteiger partial charge in [0, 0.05) is 18.5 Å². The first-order valence-electron chi connectivity index (χ1n) is 6.04. The van der Waals surface area contributed by atoms with E-state index in [1.165, 1.54) is 11.1 Å². The van der Waals surface area contributed by atoms with Gasteiger partial charge in [-0.2, -0.15) is 0 Å². The van der Waals surface area contributed by atoms with Gasteiger partial charge in [0.05, 0.1) is 6.04 Å². The Kier molecular flexibility index (Phi) is 4.41. The summed E-state index contributed by atoms with van der Waals surface area (Å²) >= 11 is 0. The van der Waals surface area contributed by atoms with Gasteiger partial charge in [-0.3, -0.25) is 4.79 Å². The highest BCUT2D eigenvalue weighted by Crippen LogP contribution is 2.33. The van der Waals surface area contributed by atoms with E-state index in [4.69, 9.17) is 5.73 Å². The van der Waals surface area contributed by atoms with Crippen LogP contribution in [0.4, 0.5) is 0 Å². The van der Waals surface area contributed by atoms with Crippen molar-refractivity contribution in [2.45, 2.75) is 38.8 Å². The number of rotatable bonds is 1. The highest BCUT2D eigenvalue weighted by atomic mass is 35.5. The van der Waals surface area contributed by atoms with Gasteiger partial charge in [0.15, 0.2) is 0 Å². The summed E-state index contributed by atoms with van der Waals surface area (Å²) in [6, 6.07) is 7.91. The maximum absolute atomic E-state index is 12.0. The molecule has 1 aliphatic rings. The minimum atomic E-state index is -0.420. The van der Waals surface area contributed by atoms with Gasteiger partial charge in [-0.15, -0.1) is 12.4 Å². The van der Waals surface area contributed by atoms with Crippen LogP contribution in [0, 0.1) is 0 Å². The molecular weight excluding hydrogens is 248 g/mol. The Morgan fingerprint density at radius 1 is 1.39 bits per heavy atom. The number of carbonyl (C=O) groups is 1. The number of nitrogens with zero attached hydrogens (tertiary/aromatic N) is 1. The fourth-order valence-electron chi connectivity index (χ4n) is 2.59. The predicted molar refractivity (Wildman–Crippen MR) is 75.8 cm³/mol. The third-order valence-electron chi connectivity index (χ3n) is 3.40. The molecule has 3 nitrogen and oxygen atoms in total. The summed E-state index contributed by atoms with van der Waals surface area (Å²) in [5.74, 6) is 0.0348. The molecule has 0 spiro atoms. The number of carbonyl (C=O) groups excluding carboxylic acids is 1. The third-order valence-corrected chi connectivity index (χ3v) is 3.40. The van der Waals surface area contributed by atoms with Crippen molar-refractivity contribution in [2.24, 2.45) is 5.73 Å². The van der Waals surface area contributed by atoms with Crippen LogP contribution in [0.1, 0.15) is 31.9 Å².